The van der Waals surface area contributed by atoms with Gasteiger partial charge in [-0.1, -0.05) is 19.9 Å². The number of rotatable bonds is 6. The molecule has 0 amide bonds. The van der Waals surface area contributed by atoms with Crippen LogP contribution in [0.1, 0.15) is 53.0 Å². The fourth-order valence-corrected chi connectivity index (χ4v) is 3.41. The van der Waals surface area contributed by atoms with Crippen molar-refractivity contribution in [2.75, 3.05) is 0 Å². The smallest absolute Gasteiger partial charge is 0.336 e. The SMILES string of the molecule is C/C=C(\C)C(=O)O[C@@](C)(CCC(C)C)[C@@H]1Cc2cc3ccc(=O)oc3cc2O1. The second-order valence-electron chi connectivity index (χ2n) is 8.17. The van der Waals surface area contributed by atoms with Crippen LogP contribution in [0.4, 0.5) is 0 Å². The molecule has 0 aliphatic carbocycles. The summed E-state index contributed by atoms with van der Waals surface area (Å²) in [6.07, 6.45) is 3.73. The number of hydrogen-bond donors (Lipinski definition) is 0. The summed E-state index contributed by atoms with van der Waals surface area (Å²) in [6, 6.07) is 6.90. The van der Waals surface area contributed by atoms with Gasteiger partial charge < -0.3 is 13.9 Å². The Balaban J connectivity index is 1.90. The highest BCUT2D eigenvalue weighted by Gasteiger charge is 2.43. The van der Waals surface area contributed by atoms with E-state index in [1.165, 1.54) is 6.07 Å². The normalized spacial score (nSPS) is 18.6. The Morgan fingerprint density at radius 2 is 2.11 bits per heavy atom. The van der Waals surface area contributed by atoms with Crippen LogP contribution in [0.5, 0.6) is 5.75 Å². The summed E-state index contributed by atoms with van der Waals surface area (Å²) in [7, 11) is 0. The number of carbonyl (C=O) groups excluding carboxylic acids is 1. The van der Waals surface area contributed by atoms with Gasteiger partial charge in [-0.15, -0.1) is 0 Å². The first-order chi connectivity index (χ1) is 13.2. The number of allylic oxidation sites excluding steroid dienone is 1. The van der Waals surface area contributed by atoms with Gasteiger partial charge in [0, 0.05) is 29.5 Å². The first kappa shape index (κ1) is 20.2. The maximum Gasteiger partial charge on any atom is 0.336 e. The summed E-state index contributed by atoms with van der Waals surface area (Å²) < 4.78 is 17.4. The van der Waals surface area contributed by atoms with Crippen LogP contribution < -0.4 is 10.4 Å². The standard InChI is InChI=1S/C23H28O5/c1-6-15(4)22(25)28-23(5,10-9-14(2)3)20-12-17-11-16-7-8-21(24)27-18(16)13-19(17)26-20/h6-8,11,13-14,20H,9-10,12H2,1-5H3/b15-6+/t20-,23-/m0/s1. The molecule has 1 aromatic carbocycles. The number of benzene rings is 1. The highest BCUT2D eigenvalue weighted by Crippen LogP contribution is 2.39. The number of fused-ring (bicyclic) bond motifs is 2. The average Bonchev–Trinajstić information content (AvgIpc) is 3.07. The van der Waals surface area contributed by atoms with Gasteiger partial charge in [0.2, 0.25) is 0 Å². The first-order valence-corrected chi connectivity index (χ1v) is 9.81. The van der Waals surface area contributed by atoms with Gasteiger partial charge in [-0.05, 0) is 57.2 Å². The van der Waals surface area contributed by atoms with Crippen molar-refractivity contribution in [1.82, 2.24) is 0 Å². The molecule has 2 aromatic rings. The maximum absolute atomic E-state index is 12.5. The van der Waals surface area contributed by atoms with Gasteiger partial charge in [0.1, 0.15) is 23.0 Å². The lowest BCUT2D eigenvalue weighted by Crippen LogP contribution is -2.46. The quantitative estimate of drug-likeness (QED) is 0.407. The Morgan fingerprint density at radius 3 is 2.79 bits per heavy atom. The zero-order chi connectivity index (χ0) is 20.5. The van der Waals surface area contributed by atoms with Gasteiger partial charge in [0.05, 0.1) is 0 Å². The van der Waals surface area contributed by atoms with Crippen molar-refractivity contribution in [2.45, 2.75) is 65.6 Å². The van der Waals surface area contributed by atoms with Gasteiger partial charge in [0.15, 0.2) is 0 Å². The number of hydrogen-bond acceptors (Lipinski definition) is 5. The minimum atomic E-state index is -0.752. The highest BCUT2D eigenvalue weighted by atomic mass is 16.6. The van der Waals surface area contributed by atoms with E-state index in [0.29, 0.717) is 35.7 Å². The topological polar surface area (TPSA) is 65.7 Å². The second kappa shape index (κ2) is 7.82. The molecule has 1 aliphatic rings. The van der Waals surface area contributed by atoms with Crippen LogP contribution in [-0.2, 0) is 16.0 Å². The molecule has 3 rings (SSSR count). The molecule has 28 heavy (non-hydrogen) atoms. The lowest BCUT2D eigenvalue weighted by molar-refractivity contribution is -0.164. The molecule has 2 heterocycles. The number of ether oxygens (including phenoxy) is 2. The molecule has 150 valence electrons. The lowest BCUT2D eigenvalue weighted by atomic mass is 9.87. The highest BCUT2D eigenvalue weighted by molar-refractivity contribution is 5.88. The van der Waals surface area contributed by atoms with Crippen LogP contribution in [0, 0.1) is 5.92 Å². The summed E-state index contributed by atoms with van der Waals surface area (Å²) in [4.78, 5) is 24.0. The van der Waals surface area contributed by atoms with Crippen molar-refractivity contribution in [2.24, 2.45) is 5.92 Å². The fourth-order valence-electron chi connectivity index (χ4n) is 3.41. The van der Waals surface area contributed by atoms with E-state index in [0.717, 1.165) is 17.4 Å². The Morgan fingerprint density at radius 1 is 1.36 bits per heavy atom. The largest absolute Gasteiger partial charge is 0.485 e. The maximum atomic E-state index is 12.5. The third kappa shape index (κ3) is 4.13. The van der Waals surface area contributed by atoms with Crippen LogP contribution in [-0.4, -0.2) is 17.7 Å². The Bertz CT molecular complexity index is 969. The van der Waals surface area contributed by atoms with E-state index in [1.807, 2.05) is 19.9 Å². The predicted octanol–water partition coefficient (Wildman–Crippen LogP) is 4.80. The molecule has 0 fully saturated rings. The Hall–Kier alpha value is -2.56. The van der Waals surface area contributed by atoms with Crippen LogP contribution in [0.25, 0.3) is 11.0 Å². The third-order valence-electron chi connectivity index (χ3n) is 5.46. The van der Waals surface area contributed by atoms with E-state index < -0.39 is 5.60 Å². The van der Waals surface area contributed by atoms with Crippen LogP contribution >= 0.6 is 0 Å². The summed E-state index contributed by atoms with van der Waals surface area (Å²) in [5, 5.41) is 0.855. The second-order valence-corrected chi connectivity index (χ2v) is 8.17. The van der Waals surface area contributed by atoms with Crippen LogP contribution in [0.3, 0.4) is 0 Å². The zero-order valence-corrected chi connectivity index (χ0v) is 17.2. The first-order valence-electron chi connectivity index (χ1n) is 9.81. The average molecular weight is 384 g/mol. The Kier molecular flexibility index (Phi) is 5.64. The van der Waals surface area contributed by atoms with E-state index in [4.69, 9.17) is 13.9 Å². The van der Waals surface area contributed by atoms with E-state index in [2.05, 4.69) is 13.8 Å². The minimum Gasteiger partial charge on any atom is -0.485 e. The molecule has 0 bridgehead atoms. The third-order valence-corrected chi connectivity index (χ3v) is 5.46. The van der Waals surface area contributed by atoms with Gasteiger partial charge in [-0.2, -0.15) is 0 Å². The predicted molar refractivity (Wildman–Crippen MR) is 109 cm³/mol. The van der Waals surface area contributed by atoms with Crippen molar-refractivity contribution < 1.29 is 18.7 Å². The van der Waals surface area contributed by atoms with Gasteiger partial charge >= 0.3 is 11.6 Å². The summed E-state index contributed by atoms with van der Waals surface area (Å²) in [6.45, 7) is 9.83. The number of esters is 1. The van der Waals surface area contributed by atoms with Gasteiger partial charge in [-0.3, -0.25) is 0 Å². The molecular formula is C23H28O5. The molecule has 1 aliphatic heterocycles. The molecule has 5 heteroatoms. The van der Waals surface area contributed by atoms with E-state index in [-0.39, 0.29) is 17.7 Å². The molecule has 2 atom stereocenters. The van der Waals surface area contributed by atoms with Crippen molar-refractivity contribution in [3.63, 3.8) is 0 Å². The molecule has 1 aromatic heterocycles. The monoisotopic (exact) mass is 384 g/mol. The summed E-state index contributed by atoms with van der Waals surface area (Å²) in [5.41, 5.74) is 0.967. The molecule has 0 radical (unpaired) electrons. The van der Waals surface area contributed by atoms with Crippen molar-refractivity contribution in [1.29, 1.82) is 0 Å². The van der Waals surface area contributed by atoms with Crippen molar-refractivity contribution >= 4 is 16.9 Å². The van der Waals surface area contributed by atoms with E-state index in [9.17, 15) is 9.59 Å². The van der Waals surface area contributed by atoms with Gasteiger partial charge in [-0.25, -0.2) is 9.59 Å². The fraction of sp³-hybridized carbons (Fsp3) is 0.478. The molecule has 0 unspecified atom stereocenters. The molecular weight excluding hydrogens is 356 g/mol. The van der Waals surface area contributed by atoms with Crippen LogP contribution in [0.2, 0.25) is 0 Å². The molecule has 0 saturated heterocycles. The molecule has 0 N–H and O–H groups in total. The van der Waals surface area contributed by atoms with E-state index >= 15 is 0 Å². The lowest BCUT2D eigenvalue weighted by Gasteiger charge is -2.35. The summed E-state index contributed by atoms with van der Waals surface area (Å²) >= 11 is 0. The zero-order valence-electron chi connectivity index (χ0n) is 17.2. The minimum absolute atomic E-state index is 0.293. The Labute approximate surface area is 165 Å². The van der Waals surface area contributed by atoms with Crippen LogP contribution in [0.15, 0.2) is 45.1 Å². The molecule has 0 spiro atoms. The van der Waals surface area contributed by atoms with Crippen molar-refractivity contribution in [3.8, 4) is 5.75 Å². The molecule has 0 saturated carbocycles. The number of carbonyl (C=O) groups is 1. The van der Waals surface area contributed by atoms with E-state index in [1.54, 1.807) is 25.1 Å². The van der Waals surface area contributed by atoms with Crippen molar-refractivity contribution in [3.05, 3.63) is 51.9 Å². The molecule has 5 nitrogen and oxygen atoms in total. The summed E-state index contributed by atoms with van der Waals surface area (Å²) in [5.74, 6) is 0.854. The van der Waals surface area contributed by atoms with Gasteiger partial charge in [0.25, 0.3) is 0 Å².